The van der Waals surface area contributed by atoms with Gasteiger partial charge in [-0.3, -0.25) is 4.79 Å². The zero-order valence-electron chi connectivity index (χ0n) is 12.7. The van der Waals surface area contributed by atoms with E-state index in [9.17, 15) is 9.18 Å². The molecule has 1 spiro atoms. The minimum absolute atomic E-state index is 0.0375. The lowest BCUT2D eigenvalue weighted by Gasteiger charge is -2.43. The van der Waals surface area contributed by atoms with E-state index in [0.717, 1.165) is 19.3 Å². The third-order valence-electron chi connectivity index (χ3n) is 5.09. The van der Waals surface area contributed by atoms with Gasteiger partial charge < -0.3 is 4.74 Å². The first-order valence-corrected chi connectivity index (χ1v) is 8.05. The Morgan fingerprint density at radius 3 is 2.81 bits per heavy atom. The summed E-state index contributed by atoms with van der Waals surface area (Å²) in [4.78, 5) is 12.7. The van der Waals surface area contributed by atoms with Crippen molar-refractivity contribution in [2.24, 2.45) is 5.92 Å². The number of halogens is 1. The van der Waals surface area contributed by atoms with Gasteiger partial charge in [0.2, 0.25) is 0 Å². The summed E-state index contributed by atoms with van der Waals surface area (Å²) in [5.41, 5.74) is 0.685. The van der Waals surface area contributed by atoms with Gasteiger partial charge in [-0.25, -0.2) is 4.39 Å². The molecule has 0 bridgehead atoms. The molecular weight excluding hydrogens is 267 g/mol. The fraction of sp³-hybridized carbons (Fsp3) is 0.611. The summed E-state index contributed by atoms with van der Waals surface area (Å²) in [6.45, 7) is 2.34. The summed E-state index contributed by atoms with van der Waals surface area (Å²) < 4.78 is 20.2. The highest BCUT2D eigenvalue weighted by Crippen LogP contribution is 2.41. The zero-order chi connectivity index (χ0) is 14.9. The van der Waals surface area contributed by atoms with Crippen LogP contribution in [0.2, 0.25) is 0 Å². The highest BCUT2D eigenvalue weighted by molar-refractivity contribution is 5.98. The molecule has 1 unspecified atom stereocenters. The SMILES string of the molecule is Cc1cccc(C(=O)C2CCOC3(CCCCC3)C2)c1F. The molecule has 1 aliphatic carbocycles. The number of benzene rings is 1. The summed E-state index contributed by atoms with van der Waals surface area (Å²) in [6, 6.07) is 5.09. The topological polar surface area (TPSA) is 26.3 Å². The van der Waals surface area contributed by atoms with E-state index in [-0.39, 0.29) is 28.7 Å². The van der Waals surface area contributed by atoms with Crippen LogP contribution in [0.15, 0.2) is 18.2 Å². The van der Waals surface area contributed by atoms with Crippen molar-refractivity contribution in [2.45, 2.75) is 57.5 Å². The minimum Gasteiger partial charge on any atom is -0.375 e. The Bertz CT molecular complexity index is 527. The number of Topliss-reactive ketones (excluding diaryl/α,β-unsaturated/α-hetero) is 1. The molecule has 2 aliphatic rings. The standard InChI is InChI=1S/C18H23FO2/c1-13-6-5-7-15(16(13)19)17(20)14-8-11-21-18(12-14)9-3-2-4-10-18/h5-7,14H,2-4,8-12H2,1H3. The molecule has 0 aromatic heterocycles. The smallest absolute Gasteiger partial charge is 0.169 e. The number of ketones is 1. The van der Waals surface area contributed by atoms with Crippen molar-refractivity contribution in [3.8, 4) is 0 Å². The van der Waals surface area contributed by atoms with Gasteiger partial charge in [0.15, 0.2) is 5.78 Å². The van der Waals surface area contributed by atoms with E-state index in [1.807, 2.05) is 0 Å². The lowest BCUT2D eigenvalue weighted by molar-refractivity contribution is -0.111. The molecule has 1 atom stereocenters. The highest BCUT2D eigenvalue weighted by atomic mass is 19.1. The Morgan fingerprint density at radius 2 is 2.05 bits per heavy atom. The molecule has 3 rings (SSSR count). The molecule has 0 radical (unpaired) electrons. The summed E-state index contributed by atoms with van der Waals surface area (Å²) in [5.74, 6) is -0.482. The Hall–Kier alpha value is -1.22. The van der Waals surface area contributed by atoms with Crippen molar-refractivity contribution in [3.63, 3.8) is 0 Å². The van der Waals surface area contributed by atoms with Crippen LogP contribution in [0.5, 0.6) is 0 Å². The van der Waals surface area contributed by atoms with Crippen LogP contribution in [-0.2, 0) is 4.74 Å². The largest absolute Gasteiger partial charge is 0.375 e. The van der Waals surface area contributed by atoms with Gasteiger partial charge in [-0.1, -0.05) is 31.4 Å². The van der Waals surface area contributed by atoms with E-state index >= 15 is 0 Å². The molecule has 1 saturated heterocycles. The third kappa shape index (κ3) is 2.89. The Labute approximate surface area is 125 Å². The van der Waals surface area contributed by atoms with Crippen LogP contribution in [0.1, 0.15) is 60.9 Å². The summed E-state index contributed by atoms with van der Waals surface area (Å²) in [6.07, 6.45) is 7.20. The van der Waals surface area contributed by atoms with Crippen LogP contribution in [-0.4, -0.2) is 18.0 Å². The number of ether oxygens (including phenoxy) is 1. The maximum Gasteiger partial charge on any atom is 0.169 e. The predicted molar refractivity (Wildman–Crippen MR) is 80.0 cm³/mol. The molecule has 21 heavy (non-hydrogen) atoms. The quantitative estimate of drug-likeness (QED) is 0.752. The van der Waals surface area contributed by atoms with Crippen molar-refractivity contribution in [3.05, 3.63) is 35.1 Å². The average molecular weight is 290 g/mol. The van der Waals surface area contributed by atoms with E-state index in [4.69, 9.17) is 4.74 Å². The van der Waals surface area contributed by atoms with Crippen molar-refractivity contribution in [2.75, 3.05) is 6.61 Å². The molecule has 3 heteroatoms. The molecule has 1 aromatic rings. The van der Waals surface area contributed by atoms with Gasteiger partial charge >= 0.3 is 0 Å². The van der Waals surface area contributed by atoms with Crippen molar-refractivity contribution in [1.29, 1.82) is 0 Å². The number of hydrogen-bond donors (Lipinski definition) is 0. The molecular formula is C18H23FO2. The Kier molecular flexibility index (Phi) is 4.12. The van der Waals surface area contributed by atoms with Crippen LogP contribution in [0, 0.1) is 18.7 Å². The minimum atomic E-state index is -0.355. The molecule has 0 amide bonds. The predicted octanol–water partition coefficient (Wildman–Crippen LogP) is 4.45. The van der Waals surface area contributed by atoms with Crippen molar-refractivity contribution in [1.82, 2.24) is 0 Å². The highest BCUT2D eigenvalue weighted by Gasteiger charge is 2.41. The number of carbonyl (C=O) groups excluding carboxylic acids is 1. The van der Waals surface area contributed by atoms with Gasteiger partial charge in [0.25, 0.3) is 0 Å². The normalized spacial score (nSPS) is 25.0. The van der Waals surface area contributed by atoms with Crippen LogP contribution >= 0.6 is 0 Å². The summed E-state index contributed by atoms with van der Waals surface area (Å²) in [7, 11) is 0. The lowest BCUT2D eigenvalue weighted by Crippen LogP contribution is -2.43. The average Bonchev–Trinajstić information content (AvgIpc) is 2.50. The first kappa shape index (κ1) is 14.7. The second-order valence-corrected chi connectivity index (χ2v) is 6.58. The van der Waals surface area contributed by atoms with Crippen molar-refractivity contribution >= 4 is 5.78 Å². The number of hydrogen-bond acceptors (Lipinski definition) is 2. The molecule has 2 fully saturated rings. The monoisotopic (exact) mass is 290 g/mol. The molecule has 1 aliphatic heterocycles. The van der Waals surface area contributed by atoms with Gasteiger partial charge in [-0.15, -0.1) is 0 Å². The van der Waals surface area contributed by atoms with Gasteiger partial charge in [0.1, 0.15) is 5.82 Å². The summed E-state index contributed by atoms with van der Waals surface area (Å²) >= 11 is 0. The molecule has 1 heterocycles. The van der Waals surface area contributed by atoms with E-state index < -0.39 is 0 Å². The van der Waals surface area contributed by atoms with E-state index in [1.54, 1.807) is 25.1 Å². The van der Waals surface area contributed by atoms with Gasteiger partial charge in [0, 0.05) is 12.5 Å². The maximum atomic E-state index is 14.2. The second-order valence-electron chi connectivity index (χ2n) is 6.58. The number of carbonyl (C=O) groups is 1. The molecule has 0 N–H and O–H groups in total. The van der Waals surface area contributed by atoms with Gasteiger partial charge in [0.05, 0.1) is 11.2 Å². The summed E-state index contributed by atoms with van der Waals surface area (Å²) in [5, 5.41) is 0. The van der Waals surface area contributed by atoms with Crippen LogP contribution < -0.4 is 0 Å². The lowest BCUT2D eigenvalue weighted by atomic mass is 9.74. The van der Waals surface area contributed by atoms with E-state index in [2.05, 4.69) is 0 Å². The second kappa shape index (κ2) is 5.88. The Morgan fingerprint density at radius 1 is 1.29 bits per heavy atom. The Balaban J connectivity index is 1.79. The van der Waals surface area contributed by atoms with Crippen molar-refractivity contribution < 1.29 is 13.9 Å². The fourth-order valence-electron chi connectivity index (χ4n) is 3.85. The zero-order valence-corrected chi connectivity index (χ0v) is 12.7. The molecule has 114 valence electrons. The number of rotatable bonds is 2. The molecule has 2 nitrogen and oxygen atoms in total. The van der Waals surface area contributed by atoms with Crippen LogP contribution in [0.25, 0.3) is 0 Å². The first-order valence-electron chi connectivity index (χ1n) is 8.05. The van der Waals surface area contributed by atoms with Crippen LogP contribution in [0.3, 0.4) is 0 Å². The fourth-order valence-corrected chi connectivity index (χ4v) is 3.85. The molecule has 1 aromatic carbocycles. The molecule has 1 saturated carbocycles. The van der Waals surface area contributed by atoms with E-state index in [0.29, 0.717) is 18.6 Å². The van der Waals surface area contributed by atoms with Crippen LogP contribution in [0.4, 0.5) is 4.39 Å². The number of aryl methyl sites for hydroxylation is 1. The third-order valence-corrected chi connectivity index (χ3v) is 5.09. The maximum absolute atomic E-state index is 14.2. The van der Waals surface area contributed by atoms with Gasteiger partial charge in [-0.05, 0) is 44.2 Å². The first-order chi connectivity index (χ1) is 10.1. The van der Waals surface area contributed by atoms with Gasteiger partial charge in [-0.2, -0.15) is 0 Å². The van der Waals surface area contributed by atoms with E-state index in [1.165, 1.54) is 19.3 Å².